The molecule has 1 amide bonds. The van der Waals surface area contributed by atoms with Gasteiger partial charge in [0.15, 0.2) is 22.5 Å². The molecule has 0 aliphatic heterocycles. The summed E-state index contributed by atoms with van der Waals surface area (Å²) in [5.41, 5.74) is 0.0588. The number of rotatable bonds is 6. The van der Waals surface area contributed by atoms with Gasteiger partial charge in [0.05, 0.1) is 5.39 Å². The molecular formula is C21H28N2O4. The number of amides is 1. The Labute approximate surface area is 159 Å². The molecular weight excluding hydrogens is 344 g/mol. The molecule has 1 aromatic heterocycles. The monoisotopic (exact) mass is 372 g/mol. The van der Waals surface area contributed by atoms with Gasteiger partial charge in [0.25, 0.3) is 5.91 Å². The SMILES string of the molecule is CC(Oc1cccc2c(=O)cc(C(=O)NCC3CCCCC3)oc12)N(C)C. The van der Waals surface area contributed by atoms with E-state index < -0.39 is 0 Å². The zero-order valence-corrected chi connectivity index (χ0v) is 16.3. The van der Waals surface area contributed by atoms with Crippen molar-refractivity contribution in [2.45, 2.75) is 45.3 Å². The van der Waals surface area contributed by atoms with Gasteiger partial charge in [0.2, 0.25) is 0 Å². The van der Waals surface area contributed by atoms with Gasteiger partial charge in [-0.15, -0.1) is 0 Å². The summed E-state index contributed by atoms with van der Waals surface area (Å²) < 4.78 is 11.7. The Kier molecular flexibility index (Phi) is 6.16. The summed E-state index contributed by atoms with van der Waals surface area (Å²) in [5.74, 6) is 0.634. The molecule has 1 fully saturated rings. The van der Waals surface area contributed by atoms with Crippen LogP contribution < -0.4 is 15.5 Å². The number of carbonyl (C=O) groups is 1. The van der Waals surface area contributed by atoms with Gasteiger partial charge >= 0.3 is 0 Å². The molecule has 27 heavy (non-hydrogen) atoms. The first-order valence-electron chi connectivity index (χ1n) is 9.64. The highest BCUT2D eigenvalue weighted by Crippen LogP contribution is 2.26. The Morgan fingerprint density at radius 2 is 2.04 bits per heavy atom. The summed E-state index contributed by atoms with van der Waals surface area (Å²) in [7, 11) is 3.80. The molecule has 1 aliphatic rings. The average Bonchev–Trinajstić information content (AvgIpc) is 2.67. The van der Waals surface area contributed by atoms with Crippen LogP contribution in [0.15, 0.2) is 33.5 Å². The number of ether oxygens (including phenoxy) is 1. The predicted octanol–water partition coefficient (Wildman–Crippen LogP) is 3.39. The van der Waals surface area contributed by atoms with E-state index in [0.29, 0.717) is 29.2 Å². The van der Waals surface area contributed by atoms with Crippen LogP contribution in [0.4, 0.5) is 0 Å². The number of hydrogen-bond donors (Lipinski definition) is 1. The minimum Gasteiger partial charge on any atom is -0.471 e. The van der Waals surface area contributed by atoms with Crippen LogP contribution in [0, 0.1) is 5.92 Å². The third-order valence-corrected chi connectivity index (χ3v) is 5.24. The maximum absolute atomic E-state index is 12.5. The van der Waals surface area contributed by atoms with Crippen molar-refractivity contribution in [3.63, 3.8) is 0 Å². The van der Waals surface area contributed by atoms with Gasteiger partial charge in [-0.05, 0) is 51.9 Å². The van der Waals surface area contributed by atoms with Gasteiger partial charge in [-0.2, -0.15) is 0 Å². The summed E-state index contributed by atoms with van der Waals surface area (Å²) in [6.07, 6.45) is 5.79. The van der Waals surface area contributed by atoms with E-state index in [9.17, 15) is 9.59 Å². The highest BCUT2D eigenvalue weighted by atomic mass is 16.5. The lowest BCUT2D eigenvalue weighted by atomic mass is 9.89. The van der Waals surface area contributed by atoms with Crippen molar-refractivity contribution in [1.82, 2.24) is 10.2 Å². The molecule has 146 valence electrons. The van der Waals surface area contributed by atoms with Crippen LogP contribution in [0.25, 0.3) is 11.0 Å². The Hall–Kier alpha value is -2.34. The first-order valence-corrected chi connectivity index (χ1v) is 9.64. The number of nitrogens with zero attached hydrogens (tertiary/aromatic N) is 1. The zero-order chi connectivity index (χ0) is 19.4. The number of fused-ring (bicyclic) bond motifs is 1. The molecule has 0 saturated heterocycles. The molecule has 1 unspecified atom stereocenters. The van der Waals surface area contributed by atoms with Crippen LogP contribution in [-0.4, -0.2) is 37.7 Å². The van der Waals surface area contributed by atoms with Gasteiger partial charge in [0.1, 0.15) is 6.23 Å². The molecule has 6 nitrogen and oxygen atoms in total. The first-order chi connectivity index (χ1) is 13.0. The molecule has 1 heterocycles. The number of carbonyl (C=O) groups excluding carboxylic acids is 1. The van der Waals surface area contributed by atoms with Crippen molar-refractivity contribution < 1.29 is 13.9 Å². The second-order valence-corrected chi connectivity index (χ2v) is 7.50. The van der Waals surface area contributed by atoms with Crippen LogP contribution in [0.2, 0.25) is 0 Å². The van der Waals surface area contributed by atoms with Gasteiger partial charge in [0, 0.05) is 12.6 Å². The highest BCUT2D eigenvalue weighted by molar-refractivity contribution is 5.93. The first kappa shape index (κ1) is 19.4. The largest absolute Gasteiger partial charge is 0.471 e. The quantitative estimate of drug-likeness (QED) is 0.787. The van der Waals surface area contributed by atoms with E-state index in [2.05, 4.69) is 5.32 Å². The highest BCUT2D eigenvalue weighted by Gasteiger charge is 2.19. The third kappa shape index (κ3) is 4.69. The summed E-state index contributed by atoms with van der Waals surface area (Å²) in [6, 6.07) is 6.44. The number of para-hydroxylation sites is 1. The van der Waals surface area contributed by atoms with E-state index in [0.717, 1.165) is 12.8 Å². The third-order valence-electron chi connectivity index (χ3n) is 5.24. The second kappa shape index (κ2) is 8.57. The number of benzene rings is 1. The molecule has 1 N–H and O–H groups in total. The molecule has 0 spiro atoms. The van der Waals surface area contributed by atoms with E-state index in [1.54, 1.807) is 18.2 Å². The fourth-order valence-electron chi connectivity index (χ4n) is 3.36. The van der Waals surface area contributed by atoms with E-state index >= 15 is 0 Å². The molecule has 1 atom stereocenters. The van der Waals surface area contributed by atoms with Crippen molar-refractivity contribution in [2.24, 2.45) is 5.92 Å². The Bertz CT molecular complexity index is 853. The van der Waals surface area contributed by atoms with Crippen LogP contribution in [-0.2, 0) is 0 Å². The lowest BCUT2D eigenvalue weighted by Crippen LogP contribution is -2.31. The van der Waals surface area contributed by atoms with Crippen molar-refractivity contribution in [3.8, 4) is 5.75 Å². The van der Waals surface area contributed by atoms with Gasteiger partial charge < -0.3 is 14.5 Å². The Balaban J connectivity index is 1.83. The van der Waals surface area contributed by atoms with E-state index in [1.807, 2.05) is 25.9 Å². The fraction of sp³-hybridized carbons (Fsp3) is 0.524. The van der Waals surface area contributed by atoms with Crippen molar-refractivity contribution in [2.75, 3.05) is 20.6 Å². The lowest BCUT2D eigenvalue weighted by molar-refractivity contribution is 0.0815. The summed E-state index contributed by atoms with van der Waals surface area (Å²) in [6.45, 7) is 2.52. The van der Waals surface area contributed by atoms with Gasteiger partial charge in [-0.1, -0.05) is 25.3 Å². The summed E-state index contributed by atoms with van der Waals surface area (Å²) in [5, 5.41) is 3.32. The standard InChI is InChI=1S/C21H28N2O4/c1-14(23(2)3)26-18-11-7-10-16-17(24)12-19(27-20(16)18)21(25)22-13-15-8-5-4-6-9-15/h7,10-12,14-15H,4-6,8-9,13H2,1-3H3,(H,22,25). The zero-order valence-electron chi connectivity index (χ0n) is 16.3. The minimum absolute atomic E-state index is 0.0249. The topological polar surface area (TPSA) is 71.8 Å². The molecule has 1 saturated carbocycles. The molecule has 0 radical (unpaired) electrons. The van der Waals surface area contributed by atoms with Crippen molar-refractivity contribution in [3.05, 3.63) is 40.2 Å². The Morgan fingerprint density at radius 1 is 1.30 bits per heavy atom. The summed E-state index contributed by atoms with van der Waals surface area (Å²) in [4.78, 5) is 26.9. The molecule has 3 rings (SSSR count). The van der Waals surface area contributed by atoms with Gasteiger partial charge in [-0.3, -0.25) is 14.5 Å². The molecule has 6 heteroatoms. The molecule has 0 bridgehead atoms. The lowest BCUT2D eigenvalue weighted by Gasteiger charge is -2.22. The van der Waals surface area contributed by atoms with Crippen molar-refractivity contribution in [1.29, 1.82) is 0 Å². The van der Waals surface area contributed by atoms with Crippen LogP contribution >= 0.6 is 0 Å². The van der Waals surface area contributed by atoms with E-state index in [-0.39, 0.29) is 23.3 Å². The average molecular weight is 372 g/mol. The molecule has 1 aromatic carbocycles. The van der Waals surface area contributed by atoms with E-state index in [4.69, 9.17) is 9.15 Å². The van der Waals surface area contributed by atoms with Crippen LogP contribution in [0.1, 0.15) is 49.6 Å². The Morgan fingerprint density at radius 3 is 2.74 bits per heavy atom. The van der Waals surface area contributed by atoms with Crippen LogP contribution in [0.5, 0.6) is 5.75 Å². The van der Waals surface area contributed by atoms with E-state index in [1.165, 1.54) is 25.3 Å². The van der Waals surface area contributed by atoms with Gasteiger partial charge in [-0.25, -0.2) is 0 Å². The molecule has 2 aromatic rings. The summed E-state index contributed by atoms with van der Waals surface area (Å²) >= 11 is 0. The number of nitrogens with one attached hydrogen (secondary N) is 1. The smallest absolute Gasteiger partial charge is 0.287 e. The predicted molar refractivity (Wildman–Crippen MR) is 105 cm³/mol. The maximum Gasteiger partial charge on any atom is 0.287 e. The number of hydrogen-bond acceptors (Lipinski definition) is 5. The fourth-order valence-corrected chi connectivity index (χ4v) is 3.36. The maximum atomic E-state index is 12.5. The second-order valence-electron chi connectivity index (χ2n) is 7.50. The molecule has 1 aliphatic carbocycles. The van der Waals surface area contributed by atoms with Crippen molar-refractivity contribution >= 4 is 16.9 Å². The minimum atomic E-state index is -0.352. The van der Waals surface area contributed by atoms with Crippen LogP contribution in [0.3, 0.4) is 0 Å². The normalized spacial score (nSPS) is 16.4.